The predicted molar refractivity (Wildman–Crippen MR) is 127 cm³/mol. The van der Waals surface area contributed by atoms with Crippen molar-refractivity contribution in [3.63, 3.8) is 0 Å². The molecular weight excluding hydrogens is 472 g/mol. The van der Waals surface area contributed by atoms with Crippen LogP contribution in [0.4, 0.5) is 5.69 Å². The Morgan fingerprint density at radius 3 is 2.28 bits per heavy atom. The van der Waals surface area contributed by atoms with E-state index in [0.717, 1.165) is 4.47 Å². The molecule has 2 amide bonds. The van der Waals surface area contributed by atoms with Crippen LogP contribution < -0.4 is 10.1 Å². The smallest absolute Gasteiger partial charge is 0.255 e. The van der Waals surface area contributed by atoms with Gasteiger partial charge in [-0.3, -0.25) is 14.4 Å². The van der Waals surface area contributed by atoms with Crippen LogP contribution in [-0.2, 0) is 4.79 Å². The van der Waals surface area contributed by atoms with Crippen LogP contribution in [0.2, 0.25) is 0 Å². The molecule has 0 aromatic heterocycles. The van der Waals surface area contributed by atoms with Crippen LogP contribution in [0.3, 0.4) is 0 Å². The summed E-state index contributed by atoms with van der Waals surface area (Å²) in [6.45, 7) is 1.95. The van der Waals surface area contributed by atoms with Crippen molar-refractivity contribution < 1.29 is 19.1 Å². The molecule has 0 saturated heterocycles. The highest BCUT2D eigenvalue weighted by Gasteiger charge is 2.23. The molecule has 3 aromatic rings. The second-order valence-electron chi connectivity index (χ2n) is 6.98. The van der Waals surface area contributed by atoms with Crippen LogP contribution in [0.15, 0.2) is 77.3 Å². The molecule has 0 unspecified atom stereocenters. The van der Waals surface area contributed by atoms with Crippen molar-refractivity contribution in [2.45, 2.75) is 6.92 Å². The third-order valence-corrected chi connectivity index (χ3v) is 5.39. The Balaban J connectivity index is 1.78. The monoisotopic (exact) mass is 494 g/mol. The number of rotatable bonds is 8. The molecule has 0 radical (unpaired) electrons. The van der Waals surface area contributed by atoms with Crippen LogP contribution >= 0.6 is 15.9 Å². The lowest BCUT2D eigenvalue weighted by molar-refractivity contribution is -0.116. The summed E-state index contributed by atoms with van der Waals surface area (Å²) in [6, 6.07) is 20.6. The molecule has 0 atom stereocenters. The number of nitrogens with zero attached hydrogens (tertiary/aromatic N) is 1. The maximum absolute atomic E-state index is 13.2. The van der Waals surface area contributed by atoms with Crippen molar-refractivity contribution in [3.05, 3.63) is 94.0 Å². The average molecular weight is 495 g/mol. The van der Waals surface area contributed by atoms with Gasteiger partial charge >= 0.3 is 0 Å². The van der Waals surface area contributed by atoms with E-state index in [-0.39, 0.29) is 29.7 Å². The SMILES string of the molecule is CCN(CC(=O)Nc1cccc(OC)c1)C(=O)c1ccccc1C(=O)c1ccc(Br)cc1. The summed E-state index contributed by atoms with van der Waals surface area (Å²) in [5.74, 6) is -0.357. The molecule has 32 heavy (non-hydrogen) atoms. The van der Waals surface area contributed by atoms with Crippen LogP contribution in [0.25, 0.3) is 0 Å². The van der Waals surface area contributed by atoms with Gasteiger partial charge in [0, 0.05) is 33.9 Å². The number of halogens is 1. The minimum absolute atomic E-state index is 0.145. The number of benzene rings is 3. The van der Waals surface area contributed by atoms with Gasteiger partial charge in [0.15, 0.2) is 5.78 Å². The van der Waals surface area contributed by atoms with E-state index in [4.69, 9.17) is 4.74 Å². The molecule has 164 valence electrons. The highest BCUT2D eigenvalue weighted by molar-refractivity contribution is 9.10. The summed E-state index contributed by atoms with van der Waals surface area (Å²) < 4.78 is 6.02. The number of amides is 2. The van der Waals surface area contributed by atoms with E-state index in [1.165, 1.54) is 4.90 Å². The fourth-order valence-electron chi connectivity index (χ4n) is 3.20. The lowest BCUT2D eigenvalue weighted by Crippen LogP contribution is -2.38. The summed E-state index contributed by atoms with van der Waals surface area (Å²) in [6.07, 6.45) is 0. The van der Waals surface area contributed by atoms with Crippen LogP contribution in [0.5, 0.6) is 5.75 Å². The molecule has 0 aliphatic rings. The Bertz CT molecular complexity index is 1130. The van der Waals surface area contributed by atoms with Crippen molar-refractivity contribution in [3.8, 4) is 5.75 Å². The van der Waals surface area contributed by atoms with E-state index >= 15 is 0 Å². The predicted octanol–water partition coefficient (Wildman–Crippen LogP) is 4.79. The van der Waals surface area contributed by atoms with Gasteiger partial charge in [-0.1, -0.05) is 40.2 Å². The number of ether oxygens (including phenoxy) is 1. The fourth-order valence-corrected chi connectivity index (χ4v) is 3.46. The Morgan fingerprint density at radius 1 is 0.938 bits per heavy atom. The third-order valence-electron chi connectivity index (χ3n) is 4.87. The van der Waals surface area contributed by atoms with E-state index in [2.05, 4.69) is 21.2 Å². The molecule has 1 N–H and O–H groups in total. The van der Waals surface area contributed by atoms with Gasteiger partial charge in [0.1, 0.15) is 12.3 Å². The summed E-state index contributed by atoms with van der Waals surface area (Å²) in [5.41, 5.74) is 1.61. The molecule has 7 heteroatoms. The van der Waals surface area contributed by atoms with Gasteiger partial charge < -0.3 is 15.0 Å². The number of carbonyl (C=O) groups is 3. The van der Waals surface area contributed by atoms with Crippen molar-refractivity contribution in [2.24, 2.45) is 0 Å². The molecule has 3 rings (SSSR count). The van der Waals surface area contributed by atoms with Gasteiger partial charge in [-0.25, -0.2) is 0 Å². The number of ketones is 1. The maximum Gasteiger partial charge on any atom is 0.255 e. The first-order valence-corrected chi connectivity index (χ1v) is 10.8. The minimum atomic E-state index is -0.380. The quantitative estimate of drug-likeness (QED) is 0.456. The van der Waals surface area contributed by atoms with Crippen molar-refractivity contribution in [2.75, 3.05) is 25.5 Å². The first-order chi connectivity index (χ1) is 15.4. The molecule has 0 fully saturated rings. The number of hydrogen-bond donors (Lipinski definition) is 1. The number of hydrogen-bond acceptors (Lipinski definition) is 4. The second-order valence-corrected chi connectivity index (χ2v) is 7.90. The second kappa shape index (κ2) is 10.7. The largest absolute Gasteiger partial charge is 0.497 e. The van der Waals surface area contributed by atoms with Crippen molar-refractivity contribution in [1.29, 1.82) is 0 Å². The van der Waals surface area contributed by atoms with E-state index in [9.17, 15) is 14.4 Å². The third kappa shape index (κ3) is 5.62. The number of anilines is 1. The average Bonchev–Trinajstić information content (AvgIpc) is 2.82. The van der Waals surface area contributed by atoms with Crippen molar-refractivity contribution in [1.82, 2.24) is 4.90 Å². The molecular formula is C25H23BrN2O4. The molecule has 0 saturated carbocycles. The standard InChI is InChI=1S/C25H23BrN2O4/c1-3-28(16-23(29)27-19-7-6-8-20(15-19)32-2)25(31)22-10-5-4-9-21(22)24(30)17-11-13-18(26)14-12-17/h4-15H,3,16H2,1-2H3,(H,27,29). The number of carbonyl (C=O) groups excluding carboxylic acids is 3. The molecule has 0 spiro atoms. The molecule has 6 nitrogen and oxygen atoms in total. The lowest BCUT2D eigenvalue weighted by Gasteiger charge is -2.21. The normalized spacial score (nSPS) is 10.3. The Morgan fingerprint density at radius 2 is 1.62 bits per heavy atom. The molecule has 0 aliphatic heterocycles. The lowest BCUT2D eigenvalue weighted by atomic mass is 9.97. The highest BCUT2D eigenvalue weighted by Crippen LogP contribution is 2.20. The Labute approximate surface area is 195 Å². The topological polar surface area (TPSA) is 75.7 Å². The van der Waals surface area contributed by atoms with E-state index < -0.39 is 0 Å². The summed E-state index contributed by atoms with van der Waals surface area (Å²) in [7, 11) is 1.55. The maximum atomic E-state index is 13.2. The minimum Gasteiger partial charge on any atom is -0.497 e. The Kier molecular flexibility index (Phi) is 7.78. The van der Waals surface area contributed by atoms with E-state index in [1.807, 2.05) is 0 Å². The molecule has 0 bridgehead atoms. The van der Waals surface area contributed by atoms with Crippen LogP contribution in [-0.4, -0.2) is 42.7 Å². The Hall–Kier alpha value is -3.45. The number of likely N-dealkylation sites (N-methyl/N-ethyl adjacent to an activating group) is 1. The first kappa shape index (κ1) is 23.2. The van der Waals surface area contributed by atoms with Gasteiger partial charge in [-0.15, -0.1) is 0 Å². The highest BCUT2D eigenvalue weighted by atomic mass is 79.9. The molecule has 3 aromatic carbocycles. The van der Waals surface area contributed by atoms with Gasteiger partial charge in [0.25, 0.3) is 5.91 Å². The molecule has 0 aliphatic carbocycles. The zero-order chi connectivity index (χ0) is 23.1. The fraction of sp³-hybridized carbons (Fsp3) is 0.160. The summed E-state index contributed by atoms with van der Waals surface area (Å²) >= 11 is 3.35. The number of methoxy groups -OCH3 is 1. The van der Waals surface area contributed by atoms with E-state index in [0.29, 0.717) is 29.1 Å². The van der Waals surface area contributed by atoms with E-state index in [1.54, 1.807) is 86.8 Å². The van der Waals surface area contributed by atoms with Gasteiger partial charge in [-0.2, -0.15) is 0 Å². The van der Waals surface area contributed by atoms with Crippen LogP contribution in [0.1, 0.15) is 33.2 Å². The van der Waals surface area contributed by atoms with Crippen LogP contribution in [0, 0.1) is 0 Å². The summed E-state index contributed by atoms with van der Waals surface area (Å²) in [5, 5.41) is 2.77. The summed E-state index contributed by atoms with van der Waals surface area (Å²) in [4.78, 5) is 40.3. The number of nitrogens with one attached hydrogen (secondary N) is 1. The van der Waals surface area contributed by atoms with Gasteiger partial charge in [0.2, 0.25) is 5.91 Å². The molecule has 0 heterocycles. The van der Waals surface area contributed by atoms with Crippen molar-refractivity contribution >= 4 is 39.2 Å². The zero-order valence-electron chi connectivity index (χ0n) is 17.8. The first-order valence-electron chi connectivity index (χ1n) is 10.1. The zero-order valence-corrected chi connectivity index (χ0v) is 19.4. The van der Waals surface area contributed by atoms with Gasteiger partial charge in [0.05, 0.1) is 12.7 Å². The van der Waals surface area contributed by atoms with Gasteiger partial charge in [-0.05, 0) is 49.4 Å².